The Hall–Kier alpha value is -2.81. The lowest BCUT2D eigenvalue weighted by molar-refractivity contribution is -0.137. The van der Waals surface area contributed by atoms with Crippen LogP contribution in [0.2, 0.25) is 0 Å². The lowest BCUT2D eigenvalue weighted by atomic mass is 10.2. The van der Waals surface area contributed by atoms with Gasteiger partial charge in [0.05, 0.1) is 24.1 Å². The van der Waals surface area contributed by atoms with Crippen LogP contribution in [0.25, 0.3) is 0 Å². The third-order valence-electron chi connectivity index (χ3n) is 2.91. The van der Waals surface area contributed by atoms with Gasteiger partial charge < -0.3 is 21.1 Å². The fraction of sp³-hybridized carbons (Fsp3) is 0.200. The van der Waals surface area contributed by atoms with Gasteiger partial charge in [-0.15, -0.1) is 0 Å². The highest BCUT2D eigenvalue weighted by atomic mass is 19.4. The van der Waals surface area contributed by atoms with Gasteiger partial charge in [0.1, 0.15) is 5.82 Å². The molecule has 24 heavy (non-hydrogen) atoms. The number of nitrogens with one attached hydrogen (secondary N) is 3. The number of hydrogen-bond acceptors (Lipinski definition) is 4. The van der Waals surface area contributed by atoms with E-state index in [-0.39, 0.29) is 12.3 Å². The Labute approximate surface area is 135 Å². The number of halogens is 3. The summed E-state index contributed by atoms with van der Waals surface area (Å²) in [6.45, 7) is 0.325. The van der Waals surface area contributed by atoms with Crippen LogP contribution in [0.3, 0.4) is 0 Å². The van der Waals surface area contributed by atoms with Gasteiger partial charge in [0.15, 0.2) is 0 Å². The van der Waals surface area contributed by atoms with Crippen molar-refractivity contribution in [3.63, 3.8) is 0 Å². The minimum absolute atomic E-state index is 0.0305. The summed E-state index contributed by atoms with van der Waals surface area (Å²) >= 11 is 0. The second-order valence-electron chi connectivity index (χ2n) is 4.74. The normalized spacial score (nSPS) is 11.0. The molecule has 9 heteroatoms. The zero-order chi connectivity index (χ0) is 17.6. The first-order valence-electron chi connectivity index (χ1n) is 6.94. The number of aromatic nitrogens is 1. The number of amides is 2. The zero-order valence-corrected chi connectivity index (χ0v) is 12.4. The van der Waals surface area contributed by atoms with Gasteiger partial charge in [-0.3, -0.25) is 0 Å². The van der Waals surface area contributed by atoms with Gasteiger partial charge in [-0.25, -0.2) is 9.78 Å². The second kappa shape index (κ2) is 7.64. The summed E-state index contributed by atoms with van der Waals surface area (Å²) in [5.74, 6) is 0.540. The highest BCUT2D eigenvalue weighted by Gasteiger charge is 2.29. The number of hydrogen-bond donors (Lipinski definition) is 4. The van der Waals surface area contributed by atoms with E-state index >= 15 is 0 Å². The van der Waals surface area contributed by atoms with Crippen LogP contribution < -0.4 is 16.0 Å². The summed E-state index contributed by atoms with van der Waals surface area (Å²) in [5.41, 5.74) is -0.146. The molecule has 0 unspecified atom stereocenters. The van der Waals surface area contributed by atoms with Crippen molar-refractivity contribution in [1.29, 1.82) is 0 Å². The molecule has 0 radical (unpaired) electrons. The number of urea groups is 1. The molecule has 128 valence electrons. The van der Waals surface area contributed by atoms with Crippen LogP contribution in [-0.4, -0.2) is 29.3 Å². The van der Waals surface area contributed by atoms with Crippen LogP contribution in [0.15, 0.2) is 42.6 Å². The molecule has 0 aliphatic heterocycles. The molecule has 2 aromatic rings. The third kappa shape index (κ3) is 5.13. The Bertz CT molecular complexity index is 673. The topological polar surface area (TPSA) is 86.3 Å². The number of aliphatic hydroxyl groups is 1. The second-order valence-corrected chi connectivity index (χ2v) is 4.74. The van der Waals surface area contributed by atoms with Gasteiger partial charge in [-0.2, -0.15) is 13.2 Å². The monoisotopic (exact) mass is 340 g/mol. The average Bonchev–Trinajstić information content (AvgIpc) is 2.54. The molecule has 0 spiro atoms. The van der Waals surface area contributed by atoms with Gasteiger partial charge in [-0.1, -0.05) is 0 Å². The molecule has 1 aromatic heterocycles. The van der Waals surface area contributed by atoms with Gasteiger partial charge in [0.2, 0.25) is 0 Å². The summed E-state index contributed by atoms with van der Waals surface area (Å²) < 4.78 is 37.4. The fourth-order valence-electron chi connectivity index (χ4n) is 1.79. The molecule has 0 aliphatic carbocycles. The molecule has 4 N–H and O–H groups in total. The molecule has 0 atom stereocenters. The first-order chi connectivity index (χ1) is 11.4. The van der Waals surface area contributed by atoms with Crippen molar-refractivity contribution in [3.05, 3.63) is 48.2 Å². The third-order valence-corrected chi connectivity index (χ3v) is 2.91. The number of carbonyl (C=O) groups excluding carboxylic acids is 1. The van der Waals surface area contributed by atoms with Crippen molar-refractivity contribution in [2.45, 2.75) is 6.18 Å². The van der Waals surface area contributed by atoms with E-state index in [1.165, 1.54) is 18.3 Å². The van der Waals surface area contributed by atoms with E-state index in [2.05, 4.69) is 20.9 Å². The molecule has 1 aromatic carbocycles. The minimum atomic E-state index is -4.42. The number of pyridine rings is 1. The molecule has 0 bridgehead atoms. The van der Waals surface area contributed by atoms with E-state index in [4.69, 9.17) is 5.11 Å². The predicted octanol–water partition coefficient (Wildman–Crippen LogP) is 3.15. The lowest BCUT2D eigenvalue weighted by Gasteiger charge is -2.10. The molecule has 2 amide bonds. The first kappa shape index (κ1) is 17.5. The molecule has 0 saturated heterocycles. The Kier molecular flexibility index (Phi) is 5.59. The Balaban J connectivity index is 1.91. The van der Waals surface area contributed by atoms with Gasteiger partial charge in [0, 0.05) is 12.2 Å². The molecule has 0 saturated carbocycles. The van der Waals surface area contributed by atoms with Crippen molar-refractivity contribution in [3.8, 4) is 0 Å². The van der Waals surface area contributed by atoms with Crippen LogP contribution >= 0.6 is 0 Å². The van der Waals surface area contributed by atoms with E-state index in [9.17, 15) is 18.0 Å². The SMILES string of the molecule is O=C(Nc1ccc(C(F)(F)F)cc1)Nc1ccc(NCCO)nc1. The highest BCUT2D eigenvalue weighted by Crippen LogP contribution is 2.29. The number of anilines is 3. The van der Waals surface area contributed by atoms with E-state index in [1.807, 2.05) is 0 Å². The fourth-order valence-corrected chi connectivity index (χ4v) is 1.79. The van der Waals surface area contributed by atoms with Crippen LogP contribution in [0.1, 0.15) is 5.56 Å². The smallest absolute Gasteiger partial charge is 0.395 e. The maximum absolute atomic E-state index is 12.5. The van der Waals surface area contributed by atoms with Crippen LogP contribution in [-0.2, 0) is 6.18 Å². The first-order valence-corrected chi connectivity index (χ1v) is 6.94. The molecule has 0 aliphatic rings. The zero-order valence-electron chi connectivity index (χ0n) is 12.4. The largest absolute Gasteiger partial charge is 0.416 e. The van der Waals surface area contributed by atoms with Crippen molar-refractivity contribution < 1.29 is 23.1 Å². The Morgan fingerprint density at radius 3 is 2.21 bits per heavy atom. The van der Waals surface area contributed by atoms with E-state index in [0.29, 0.717) is 18.1 Å². The van der Waals surface area contributed by atoms with Crippen molar-refractivity contribution in [2.24, 2.45) is 0 Å². The van der Waals surface area contributed by atoms with Crippen molar-refractivity contribution in [1.82, 2.24) is 4.98 Å². The standard InChI is InChI=1S/C15H15F3N4O2/c16-15(17,18)10-1-3-11(4-2-10)21-14(24)22-12-5-6-13(20-9-12)19-7-8-23/h1-6,9,23H,7-8H2,(H,19,20)(H2,21,22,24). The lowest BCUT2D eigenvalue weighted by Crippen LogP contribution is -2.19. The highest BCUT2D eigenvalue weighted by molar-refractivity contribution is 5.99. The van der Waals surface area contributed by atoms with Crippen LogP contribution in [0.5, 0.6) is 0 Å². The number of benzene rings is 1. The van der Waals surface area contributed by atoms with Crippen LogP contribution in [0, 0.1) is 0 Å². The van der Waals surface area contributed by atoms with E-state index in [1.54, 1.807) is 12.1 Å². The van der Waals surface area contributed by atoms with E-state index < -0.39 is 17.8 Å². The van der Waals surface area contributed by atoms with E-state index in [0.717, 1.165) is 12.1 Å². The maximum atomic E-state index is 12.5. The predicted molar refractivity (Wildman–Crippen MR) is 83.9 cm³/mol. The van der Waals surface area contributed by atoms with Gasteiger partial charge in [-0.05, 0) is 36.4 Å². The molecule has 6 nitrogen and oxygen atoms in total. The average molecular weight is 340 g/mol. The Morgan fingerprint density at radius 2 is 1.67 bits per heavy atom. The van der Waals surface area contributed by atoms with Gasteiger partial charge >= 0.3 is 12.2 Å². The summed E-state index contributed by atoms with van der Waals surface area (Å²) in [6.07, 6.45) is -3.01. The molecular weight excluding hydrogens is 325 g/mol. The quantitative estimate of drug-likeness (QED) is 0.673. The summed E-state index contributed by atoms with van der Waals surface area (Å²) in [4.78, 5) is 15.8. The maximum Gasteiger partial charge on any atom is 0.416 e. The number of aliphatic hydroxyl groups excluding tert-OH is 1. The molecular formula is C15H15F3N4O2. The molecule has 0 fully saturated rings. The number of carbonyl (C=O) groups is 1. The number of rotatable bonds is 5. The van der Waals surface area contributed by atoms with Gasteiger partial charge in [0.25, 0.3) is 0 Å². The molecule has 1 heterocycles. The Morgan fingerprint density at radius 1 is 1.04 bits per heavy atom. The van der Waals surface area contributed by atoms with Crippen molar-refractivity contribution >= 4 is 23.2 Å². The number of alkyl halides is 3. The molecule has 2 rings (SSSR count). The number of nitrogens with zero attached hydrogens (tertiary/aromatic N) is 1. The van der Waals surface area contributed by atoms with Crippen molar-refractivity contribution in [2.75, 3.05) is 29.1 Å². The summed E-state index contributed by atoms with van der Waals surface area (Å²) in [7, 11) is 0. The minimum Gasteiger partial charge on any atom is -0.395 e. The summed E-state index contributed by atoms with van der Waals surface area (Å²) in [6, 6.07) is 6.72. The summed E-state index contributed by atoms with van der Waals surface area (Å²) in [5, 5.41) is 16.5. The van der Waals surface area contributed by atoms with Crippen LogP contribution in [0.4, 0.5) is 35.2 Å².